The van der Waals surface area contributed by atoms with Gasteiger partial charge in [-0.3, -0.25) is 4.79 Å². The lowest BCUT2D eigenvalue weighted by atomic mass is 10.0. The molecule has 0 saturated heterocycles. The number of aryl methyl sites for hydroxylation is 1. The summed E-state index contributed by atoms with van der Waals surface area (Å²) in [7, 11) is 1.59. The minimum atomic E-state index is -1.27. The summed E-state index contributed by atoms with van der Waals surface area (Å²) in [6, 6.07) is 11.7. The first kappa shape index (κ1) is 17.9. The van der Waals surface area contributed by atoms with E-state index in [1.165, 1.54) is 0 Å². The van der Waals surface area contributed by atoms with E-state index < -0.39 is 5.97 Å². The van der Waals surface area contributed by atoms with Crippen molar-refractivity contribution in [1.29, 1.82) is 0 Å². The van der Waals surface area contributed by atoms with Crippen LogP contribution in [0.1, 0.15) is 25.9 Å². The molecule has 0 spiro atoms. The fourth-order valence-corrected chi connectivity index (χ4v) is 3.69. The maximum absolute atomic E-state index is 12.3. The molecule has 1 heterocycles. The van der Waals surface area contributed by atoms with Crippen LogP contribution in [0, 0.1) is 6.92 Å². The zero-order valence-corrected chi connectivity index (χ0v) is 15.2. The van der Waals surface area contributed by atoms with E-state index in [0.717, 1.165) is 27.7 Å². The topological polar surface area (TPSA) is 91.3 Å². The van der Waals surface area contributed by atoms with Crippen LogP contribution in [0.2, 0.25) is 0 Å². The van der Waals surface area contributed by atoms with Crippen molar-refractivity contribution in [2.24, 2.45) is 0 Å². The molecule has 134 valence electrons. The van der Waals surface area contributed by atoms with Gasteiger partial charge in [-0.15, -0.1) is 11.3 Å². The number of benzene rings is 2. The molecular weight excluding hydrogens is 352 g/mol. The van der Waals surface area contributed by atoms with Crippen LogP contribution in [0.3, 0.4) is 0 Å². The van der Waals surface area contributed by atoms with Gasteiger partial charge in [-0.25, -0.2) is 4.98 Å². The van der Waals surface area contributed by atoms with E-state index >= 15 is 0 Å². The number of nitrogens with zero attached hydrogens (tertiary/aromatic N) is 1. The van der Waals surface area contributed by atoms with Gasteiger partial charge in [-0.2, -0.15) is 0 Å². The number of carboxylic acid groups (broad SMARTS) is 1. The number of ether oxygens (including phenoxy) is 1. The lowest BCUT2D eigenvalue weighted by molar-refractivity contribution is -0.254. The van der Waals surface area contributed by atoms with Gasteiger partial charge in [0.25, 0.3) is 0 Å². The van der Waals surface area contributed by atoms with Crippen molar-refractivity contribution in [3.8, 4) is 5.75 Å². The molecule has 1 N–H and O–H groups in total. The van der Waals surface area contributed by atoms with Crippen LogP contribution in [0.4, 0.5) is 0 Å². The third kappa shape index (κ3) is 3.67. The summed E-state index contributed by atoms with van der Waals surface area (Å²) in [6.45, 7) is 1.89. The number of nitrogens with one attached hydrogen (secondary N) is 1. The highest BCUT2D eigenvalue weighted by molar-refractivity contribution is 7.13. The molecular formula is C19H17N2O4S-. The quantitative estimate of drug-likeness (QED) is 0.716. The number of amides is 1. The lowest BCUT2D eigenvalue weighted by Crippen LogP contribution is -2.25. The second-order valence-electron chi connectivity index (χ2n) is 5.73. The predicted octanol–water partition coefficient (Wildman–Crippen LogP) is 1.84. The smallest absolute Gasteiger partial charge is 0.227 e. The van der Waals surface area contributed by atoms with E-state index in [1.807, 2.05) is 36.4 Å². The van der Waals surface area contributed by atoms with Crippen LogP contribution in [0.25, 0.3) is 10.8 Å². The van der Waals surface area contributed by atoms with Gasteiger partial charge in [0.15, 0.2) is 0 Å². The molecule has 0 aliphatic rings. The van der Waals surface area contributed by atoms with Gasteiger partial charge in [-0.1, -0.05) is 30.3 Å². The standard InChI is InChI=1S/C19H18N2O4S/c1-11-18(19(23)24)26-17(21-11)9-16(22)20-10-14-13-6-4-3-5-12(13)7-8-15(14)25-2/h3-8H,9-10H2,1-2H3,(H,20,22)(H,23,24)/p-1. The van der Waals surface area contributed by atoms with Crippen LogP contribution < -0.4 is 15.2 Å². The number of aromatic nitrogens is 1. The molecule has 0 saturated carbocycles. The number of carbonyl (C=O) groups is 2. The normalized spacial score (nSPS) is 10.7. The van der Waals surface area contributed by atoms with Gasteiger partial charge in [0, 0.05) is 12.1 Å². The van der Waals surface area contributed by atoms with Crippen molar-refractivity contribution in [2.45, 2.75) is 19.9 Å². The average molecular weight is 369 g/mol. The van der Waals surface area contributed by atoms with Crippen molar-refractivity contribution in [1.82, 2.24) is 10.3 Å². The van der Waals surface area contributed by atoms with Crippen LogP contribution in [0.5, 0.6) is 5.75 Å². The van der Waals surface area contributed by atoms with Crippen LogP contribution in [-0.2, 0) is 17.8 Å². The first-order valence-corrected chi connectivity index (χ1v) is 8.80. The molecule has 3 rings (SSSR count). The first-order chi connectivity index (χ1) is 12.5. The second kappa shape index (κ2) is 7.53. The van der Waals surface area contributed by atoms with Crippen molar-refractivity contribution in [3.05, 3.63) is 57.5 Å². The van der Waals surface area contributed by atoms with Crippen molar-refractivity contribution in [3.63, 3.8) is 0 Å². The molecule has 0 radical (unpaired) electrons. The van der Waals surface area contributed by atoms with Gasteiger partial charge >= 0.3 is 0 Å². The summed E-state index contributed by atoms with van der Waals surface area (Å²) in [5, 5.41) is 16.3. The van der Waals surface area contributed by atoms with Crippen LogP contribution >= 0.6 is 11.3 Å². The zero-order valence-electron chi connectivity index (χ0n) is 14.4. The molecule has 0 atom stereocenters. The molecule has 2 aromatic carbocycles. The lowest BCUT2D eigenvalue weighted by Gasteiger charge is -2.13. The minimum Gasteiger partial charge on any atom is -0.544 e. The summed E-state index contributed by atoms with van der Waals surface area (Å²) in [4.78, 5) is 27.4. The van der Waals surface area contributed by atoms with Crippen LogP contribution in [0.15, 0.2) is 36.4 Å². The molecule has 7 heteroatoms. The van der Waals surface area contributed by atoms with Crippen molar-refractivity contribution >= 4 is 34.0 Å². The summed E-state index contributed by atoms with van der Waals surface area (Å²) in [5.74, 6) is -0.806. The molecule has 0 aliphatic heterocycles. The van der Waals surface area contributed by atoms with E-state index in [9.17, 15) is 14.7 Å². The Kier molecular flexibility index (Phi) is 5.18. The zero-order chi connectivity index (χ0) is 18.7. The Labute approximate surface area is 154 Å². The largest absolute Gasteiger partial charge is 0.544 e. The third-order valence-electron chi connectivity index (χ3n) is 4.02. The van der Waals surface area contributed by atoms with Gasteiger partial charge < -0.3 is 20.0 Å². The van der Waals surface area contributed by atoms with Crippen molar-refractivity contribution < 1.29 is 19.4 Å². The highest BCUT2D eigenvalue weighted by Crippen LogP contribution is 2.27. The molecule has 26 heavy (non-hydrogen) atoms. The summed E-state index contributed by atoms with van der Waals surface area (Å²) < 4.78 is 5.42. The Balaban J connectivity index is 1.75. The molecule has 0 fully saturated rings. The number of hydrogen-bond donors (Lipinski definition) is 1. The van der Waals surface area contributed by atoms with E-state index in [1.54, 1.807) is 14.0 Å². The van der Waals surface area contributed by atoms with E-state index in [4.69, 9.17) is 4.74 Å². The molecule has 0 unspecified atom stereocenters. The minimum absolute atomic E-state index is 0.0197. The molecule has 1 aromatic heterocycles. The number of methoxy groups -OCH3 is 1. The molecule has 3 aromatic rings. The number of rotatable bonds is 6. The Morgan fingerprint density at radius 3 is 2.69 bits per heavy atom. The number of thiazole rings is 1. The fraction of sp³-hybridized carbons (Fsp3) is 0.211. The molecule has 1 amide bonds. The molecule has 0 aliphatic carbocycles. The van der Waals surface area contributed by atoms with Gasteiger partial charge in [0.1, 0.15) is 10.8 Å². The Bertz CT molecular complexity index is 981. The highest BCUT2D eigenvalue weighted by atomic mass is 32.1. The molecule has 0 bridgehead atoms. The van der Waals surface area contributed by atoms with Crippen LogP contribution in [-0.4, -0.2) is 24.0 Å². The predicted molar refractivity (Wildman–Crippen MR) is 97.2 cm³/mol. The van der Waals surface area contributed by atoms with E-state index in [0.29, 0.717) is 23.0 Å². The monoisotopic (exact) mass is 369 g/mol. The fourth-order valence-electron chi connectivity index (χ4n) is 2.79. The van der Waals surface area contributed by atoms with Gasteiger partial charge in [-0.05, 0) is 23.8 Å². The number of aromatic carboxylic acids is 1. The number of carbonyl (C=O) groups excluding carboxylic acids is 2. The van der Waals surface area contributed by atoms with E-state index in [2.05, 4.69) is 10.3 Å². The second-order valence-corrected chi connectivity index (χ2v) is 6.81. The van der Waals surface area contributed by atoms with Crippen molar-refractivity contribution in [2.75, 3.05) is 7.11 Å². The van der Waals surface area contributed by atoms with E-state index in [-0.39, 0.29) is 17.2 Å². The Hall–Kier alpha value is -2.93. The Morgan fingerprint density at radius 2 is 2.00 bits per heavy atom. The maximum atomic E-state index is 12.3. The Morgan fingerprint density at radius 1 is 1.23 bits per heavy atom. The maximum Gasteiger partial charge on any atom is 0.227 e. The highest BCUT2D eigenvalue weighted by Gasteiger charge is 2.14. The van der Waals surface area contributed by atoms with Gasteiger partial charge in [0.2, 0.25) is 5.91 Å². The third-order valence-corrected chi connectivity index (χ3v) is 5.16. The SMILES string of the molecule is COc1ccc2ccccc2c1CNC(=O)Cc1nc(C)c(C(=O)[O-])s1. The summed E-state index contributed by atoms with van der Waals surface area (Å²) in [6.07, 6.45) is 0.0197. The van der Waals surface area contributed by atoms with Gasteiger partial charge in [0.05, 0.1) is 30.1 Å². The first-order valence-electron chi connectivity index (χ1n) is 7.98. The summed E-state index contributed by atoms with van der Waals surface area (Å²) >= 11 is 0.969. The summed E-state index contributed by atoms with van der Waals surface area (Å²) in [5.41, 5.74) is 1.26. The number of carboxylic acids is 1. The average Bonchev–Trinajstić information content (AvgIpc) is 2.99. The molecule has 6 nitrogen and oxygen atoms in total. The number of hydrogen-bond acceptors (Lipinski definition) is 6. The number of fused-ring (bicyclic) bond motifs is 1.